The smallest absolute Gasteiger partial charge is 0.306 e. The van der Waals surface area contributed by atoms with Crippen LogP contribution in [0.2, 0.25) is 0 Å². The van der Waals surface area contributed by atoms with Crippen LogP contribution in [0.25, 0.3) is 0 Å². The number of likely N-dealkylation sites (N-methyl/N-ethyl adjacent to an activating group) is 1. The maximum Gasteiger partial charge on any atom is 0.306 e. The number of ether oxygens (including phenoxy) is 2. The zero-order valence-corrected chi connectivity index (χ0v) is 41.2. The van der Waals surface area contributed by atoms with Crippen LogP contribution >= 0.6 is 7.82 Å². The first-order chi connectivity index (χ1) is 30.0. The first kappa shape index (κ1) is 59.5. The van der Waals surface area contributed by atoms with Crippen molar-refractivity contribution in [1.29, 1.82) is 0 Å². The van der Waals surface area contributed by atoms with E-state index in [4.69, 9.17) is 18.5 Å². The van der Waals surface area contributed by atoms with Crippen LogP contribution in [0, 0.1) is 0 Å². The number of rotatable bonds is 44. The van der Waals surface area contributed by atoms with Gasteiger partial charge in [0.1, 0.15) is 19.8 Å². The molecule has 0 fully saturated rings. The van der Waals surface area contributed by atoms with Crippen molar-refractivity contribution in [2.45, 2.75) is 200 Å². The molecule has 0 rings (SSSR count). The van der Waals surface area contributed by atoms with Crippen LogP contribution < -0.4 is 4.89 Å². The van der Waals surface area contributed by atoms with Gasteiger partial charge in [0.2, 0.25) is 0 Å². The third kappa shape index (κ3) is 46.9. The highest BCUT2D eigenvalue weighted by molar-refractivity contribution is 7.45. The Hall–Kier alpha value is -2.55. The lowest BCUT2D eigenvalue weighted by atomic mass is 10.0. The van der Waals surface area contributed by atoms with Crippen LogP contribution in [0.4, 0.5) is 0 Å². The van der Waals surface area contributed by atoms with Gasteiger partial charge >= 0.3 is 11.9 Å². The molecule has 0 aromatic rings. The fourth-order valence-corrected chi connectivity index (χ4v) is 7.11. The minimum Gasteiger partial charge on any atom is -0.756 e. The number of phosphoric acid groups is 1. The fraction of sp³-hybridized carbons (Fsp3) is 0.731. The minimum absolute atomic E-state index is 0.0398. The summed E-state index contributed by atoms with van der Waals surface area (Å²) in [5.74, 6) is -0.877. The summed E-state index contributed by atoms with van der Waals surface area (Å²) in [5.41, 5.74) is 0. The quantitative estimate of drug-likeness (QED) is 0.0195. The van der Waals surface area contributed by atoms with Gasteiger partial charge in [-0.1, -0.05) is 170 Å². The van der Waals surface area contributed by atoms with Crippen LogP contribution in [0.1, 0.15) is 194 Å². The molecule has 0 saturated heterocycles. The number of quaternary nitrogens is 1. The molecule has 0 amide bonds. The predicted octanol–water partition coefficient (Wildman–Crippen LogP) is 13.9. The van der Waals surface area contributed by atoms with E-state index in [9.17, 15) is 19.0 Å². The highest BCUT2D eigenvalue weighted by Crippen LogP contribution is 2.38. The molecule has 0 spiro atoms. The van der Waals surface area contributed by atoms with Crippen molar-refractivity contribution in [2.24, 2.45) is 0 Å². The predicted molar refractivity (Wildman–Crippen MR) is 259 cm³/mol. The normalized spacial score (nSPS) is 14.1. The van der Waals surface area contributed by atoms with E-state index in [1.807, 2.05) is 21.1 Å². The zero-order chi connectivity index (χ0) is 45.7. The standard InChI is InChI=1S/C52H92NO8P/c1-6-8-10-12-14-16-18-20-21-22-23-24-25-26-27-28-29-30-31-33-35-37-39-41-43-45-52(55)61-50(49-60-62(56,57)59-47-46-53(3,4)5)48-58-51(54)44-42-40-38-36-34-32-19-17-15-13-11-9-7-2/h9,11,15,17-18,20,22-23,25-26,32,34,50H,6-8,10,12-14,16,19,21,24,27-31,33,35-49H2,1-5H3/b11-9-,17-15-,20-18-,23-22-,26-25-,34-32-. The Morgan fingerprint density at radius 1 is 0.516 bits per heavy atom. The van der Waals surface area contributed by atoms with E-state index in [-0.39, 0.29) is 26.1 Å². The molecular formula is C52H92NO8P. The van der Waals surface area contributed by atoms with Gasteiger partial charge in [0.05, 0.1) is 27.7 Å². The lowest BCUT2D eigenvalue weighted by Gasteiger charge is -2.28. The van der Waals surface area contributed by atoms with Gasteiger partial charge in [-0.15, -0.1) is 0 Å². The van der Waals surface area contributed by atoms with E-state index in [0.29, 0.717) is 23.9 Å². The fourth-order valence-electron chi connectivity index (χ4n) is 6.38. The summed E-state index contributed by atoms with van der Waals surface area (Å²) in [5, 5.41) is 0. The number of carbonyl (C=O) groups excluding carboxylic acids is 2. The monoisotopic (exact) mass is 890 g/mol. The van der Waals surface area contributed by atoms with Crippen molar-refractivity contribution in [1.82, 2.24) is 0 Å². The van der Waals surface area contributed by atoms with Crippen LogP contribution in [-0.4, -0.2) is 70.0 Å². The Morgan fingerprint density at radius 2 is 0.919 bits per heavy atom. The van der Waals surface area contributed by atoms with Gasteiger partial charge in [-0.25, -0.2) is 0 Å². The Morgan fingerprint density at radius 3 is 1.39 bits per heavy atom. The van der Waals surface area contributed by atoms with Gasteiger partial charge in [0.15, 0.2) is 6.10 Å². The van der Waals surface area contributed by atoms with Gasteiger partial charge in [0.25, 0.3) is 7.82 Å². The molecule has 0 aliphatic carbocycles. The molecule has 10 heteroatoms. The molecule has 62 heavy (non-hydrogen) atoms. The number of unbranched alkanes of at least 4 members (excludes halogenated alkanes) is 18. The summed E-state index contributed by atoms with van der Waals surface area (Å²) >= 11 is 0. The Balaban J connectivity index is 4.26. The molecule has 0 aliphatic rings. The van der Waals surface area contributed by atoms with E-state index in [0.717, 1.165) is 77.0 Å². The average Bonchev–Trinajstić information content (AvgIpc) is 3.23. The molecule has 0 aromatic carbocycles. The molecule has 2 atom stereocenters. The van der Waals surface area contributed by atoms with Crippen LogP contribution in [0.15, 0.2) is 72.9 Å². The average molecular weight is 890 g/mol. The van der Waals surface area contributed by atoms with Gasteiger partial charge < -0.3 is 27.9 Å². The molecule has 2 unspecified atom stereocenters. The van der Waals surface area contributed by atoms with Crippen LogP contribution in [0.3, 0.4) is 0 Å². The third-order valence-electron chi connectivity index (χ3n) is 10.2. The van der Waals surface area contributed by atoms with Gasteiger partial charge in [-0.2, -0.15) is 0 Å². The molecule has 0 bridgehead atoms. The Bertz CT molecular complexity index is 1280. The summed E-state index contributed by atoms with van der Waals surface area (Å²) in [6.45, 7) is 4.06. The second-order valence-corrected chi connectivity index (χ2v) is 18.9. The molecule has 0 N–H and O–H groups in total. The zero-order valence-electron chi connectivity index (χ0n) is 40.3. The van der Waals surface area contributed by atoms with Crippen molar-refractivity contribution in [3.05, 3.63) is 72.9 Å². The first-order valence-corrected chi connectivity index (χ1v) is 26.1. The Kier molecular flexibility index (Phi) is 41.9. The van der Waals surface area contributed by atoms with Crippen molar-refractivity contribution in [2.75, 3.05) is 47.5 Å². The number of allylic oxidation sites excluding steroid dienone is 12. The van der Waals surface area contributed by atoms with Crippen molar-refractivity contribution in [3.63, 3.8) is 0 Å². The van der Waals surface area contributed by atoms with Gasteiger partial charge in [-0.3, -0.25) is 14.2 Å². The molecule has 0 radical (unpaired) electrons. The van der Waals surface area contributed by atoms with Crippen molar-refractivity contribution < 1.29 is 42.1 Å². The summed E-state index contributed by atoms with van der Waals surface area (Å²) < 4.78 is 33.9. The number of nitrogens with zero attached hydrogens (tertiary/aromatic N) is 1. The lowest BCUT2D eigenvalue weighted by molar-refractivity contribution is -0.870. The molecule has 0 aromatic heterocycles. The topological polar surface area (TPSA) is 111 Å². The second-order valence-electron chi connectivity index (χ2n) is 17.4. The third-order valence-corrected chi connectivity index (χ3v) is 11.2. The van der Waals surface area contributed by atoms with E-state index >= 15 is 0 Å². The van der Waals surface area contributed by atoms with E-state index in [1.165, 1.54) is 77.0 Å². The second kappa shape index (κ2) is 43.7. The van der Waals surface area contributed by atoms with Gasteiger partial charge in [-0.05, 0) is 83.5 Å². The molecule has 0 aliphatic heterocycles. The number of hydrogen-bond acceptors (Lipinski definition) is 8. The van der Waals surface area contributed by atoms with E-state index in [1.54, 1.807) is 0 Å². The summed E-state index contributed by atoms with van der Waals surface area (Å²) in [7, 11) is 1.14. The van der Waals surface area contributed by atoms with Crippen molar-refractivity contribution in [3.8, 4) is 0 Å². The number of hydrogen-bond donors (Lipinski definition) is 0. The Labute approximate surface area is 380 Å². The molecule has 0 saturated carbocycles. The highest BCUT2D eigenvalue weighted by Gasteiger charge is 2.21. The van der Waals surface area contributed by atoms with E-state index in [2.05, 4.69) is 86.8 Å². The molecule has 9 nitrogen and oxygen atoms in total. The number of phosphoric ester groups is 1. The number of carbonyl (C=O) groups is 2. The van der Waals surface area contributed by atoms with Crippen molar-refractivity contribution >= 4 is 19.8 Å². The lowest BCUT2D eigenvalue weighted by Crippen LogP contribution is -2.37. The summed E-state index contributed by atoms with van der Waals surface area (Å²) in [6.07, 6.45) is 55.1. The summed E-state index contributed by atoms with van der Waals surface area (Å²) in [4.78, 5) is 37.6. The molecule has 0 heterocycles. The van der Waals surface area contributed by atoms with Crippen LogP contribution in [0.5, 0.6) is 0 Å². The highest BCUT2D eigenvalue weighted by atomic mass is 31.2. The van der Waals surface area contributed by atoms with Crippen LogP contribution in [-0.2, 0) is 32.7 Å². The largest absolute Gasteiger partial charge is 0.756 e. The number of esters is 2. The van der Waals surface area contributed by atoms with Gasteiger partial charge in [0, 0.05) is 12.8 Å². The maximum absolute atomic E-state index is 12.7. The SMILES string of the molecule is CC/C=C\C/C=C\C/C=C\CCCCCC(=O)OCC(COP(=O)([O-])OCC[N+](C)(C)C)OC(=O)CCCCCCCCCCCC/C=C\C/C=C\C/C=C\CCCCCCC. The summed E-state index contributed by atoms with van der Waals surface area (Å²) in [6, 6.07) is 0. The minimum atomic E-state index is -4.64. The first-order valence-electron chi connectivity index (χ1n) is 24.6. The maximum atomic E-state index is 12.7. The molecular weight excluding hydrogens is 798 g/mol. The molecule has 358 valence electrons. The van der Waals surface area contributed by atoms with E-state index < -0.39 is 32.5 Å².